The zero-order valence-electron chi connectivity index (χ0n) is 25.5. The Morgan fingerprint density at radius 1 is 0.405 bits per heavy atom. The fraction of sp³-hybridized carbons (Fsp3) is 0.971. The van der Waals surface area contributed by atoms with E-state index in [0.29, 0.717) is 6.42 Å². The van der Waals surface area contributed by atoms with Gasteiger partial charge in [0.25, 0.3) is 0 Å². The van der Waals surface area contributed by atoms with Crippen LogP contribution < -0.4 is 5.32 Å². The Hall–Kier alpha value is -0.570. The first-order valence-corrected chi connectivity index (χ1v) is 17.2. The number of carbonyl (C=O) groups is 1. The molecule has 0 aromatic carbocycles. The number of carboxylic acid groups (broad SMARTS) is 1. The second-order valence-electron chi connectivity index (χ2n) is 11.8. The third-order valence-electron chi connectivity index (χ3n) is 7.95. The van der Waals surface area contributed by atoms with Gasteiger partial charge in [0, 0.05) is 6.42 Å². The van der Waals surface area contributed by atoms with E-state index >= 15 is 0 Å². The highest BCUT2D eigenvalue weighted by Crippen LogP contribution is 2.14. The summed E-state index contributed by atoms with van der Waals surface area (Å²) in [6, 6.07) is 0. The second kappa shape index (κ2) is 33.5. The second-order valence-corrected chi connectivity index (χ2v) is 11.8. The molecule has 0 fully saturated rings. The molecule has 0 aromatic heterocycles. The van der Waals surface area contributed by atoms with Gasteiger partial charge in [0.15, 0.2) is 0 Å². The van der Waals surface area contributed by atoms with E-state index in [0.717, 1.165) is 12.8 Å². The van der Waals surface area contributed by atoms with Gasteiger partial charge in [-0.15, -0.1) is 0 Å². The third kappa shape index (κ3) is 35.4. The quantitative estimate of drug-likeness (QED) is 0.0841. The maximum atomic E-state index is 10.5. The van der Waals surface area contributed by atoms with Crippen LogP contribution in [0, 0.1) is 0 Å². The molecule has 0 aliphatic carbocycles. The predicted octanol–water partition coefficient (Wildman–Crippen LogP) is 11.4. The van der Waals surface area contributed by atoms with E-state index in [-0.39, 0.29) is 0 Å². The first-order valence-electron chi connectivity index (χ1n) is 17.2. The maximum absolute atomic E-state index is 10.5. The zero-order valence-corrected chi connectivity index (χ0v) is 25.5. The minimum atomic E-state index is -0.651. The molecule has 2 N–H and O–H groups in total. The molecule has 0 aromatic rings. The van der Waals surface area contributed by atoms with Crippen molar-refractivity contribution < 1.29 is 9.90 Å². The summed E-state index contributed by atoms with van der Waals surface area (Å²) in [5, 5.41) is 12.3. The van der Waals surface area contributed by atoms with Crippen LogP contribution in [-0.2, 0) is 4.79 Å². The van der Waals surface area contributed by atoms with Gasteiger partial charge in [0.1, 0.15) is 0 Å². The van der Waals surface area contributed by atoms with Crippen LogP contribution in [0.3, 0.4) is 0 Å². The fourth-order valence-corrected chi connectivity index (χ4v) is 5.39. The highest BCUT2D eigenvalue weighted by atomic mass is 16.4. The van der Waals surface area contributed by atoms with E-state index in [1.54, 1.807) is 0 Å². The highest BCUT2D eigenvalue weighted by Gasteiger charge is 1.98. The Balaban J connectivity index is 3.02. The van der Waals surface area contributed by atoms with Crippen molar-refractivity contribution in [3.05, 3.63) is 0 Å². The van der Waals surface area contributed by atoms with E-state index in [9.17, 15) is 4.79 Å². The molecule has 0 radical (unpaired) electrons. The van der Waals surface area contributed by atoms with E-state index in [2.05, 4.69) is 12.2 Å². The summed E-state index contributed by atoms with van der Waals surface area (Å²) >= 11 is 0. The smallest absolute Gasteiger partial charge is 0.303 e. The molecule has 0 saturated carbocycles. The van der Waals surface area contributed by atoms with Crippen molar-refractivity contribution in [1.82, 2.24) is 5.32 Å². The van der Waals surface area contributed by atoms with E-state index in [1.807, 2.05) is 0 Å². The van der Waals surface area contributed by atoms with E-state index < -0.39 is 5.97 Å². The summed E-state index contributed by atoms with van der Waals surface area (Å²) in [7, 11) is 0. The SMILES string of the molecule is CCCCCCCCCCCCCCCCCCNCCCCCCCCCCCCCCCC(=O)O. The molecule has 0 rings (SSSR count). The number of carboxylic acids is 1. The summed E-state index contributed by atoms with van der Waals surface area (Å²) in [5.41, 5.74) is 0. The third-order valence-corrected chi connectivity index (χ3v) is 7.95. The van der Waals surface area contributed by atoms with Crippen LogP contribution in [0.2, 0.25) is 0 Å². The van der Waals surface area contributed by atoms with E-state index in [4.69, 9.17) is 5.11 Å². The molecule has 3 nitrogen and oxygen atoms in total. The van der Waals surface area contributed by atoms with Crippen LogP contribution in [0.5, 0.6) is 0 Å². The van der Waals surface area contributed by atoms with Crippen molar-refractivity contribution in [2.75, 3.05) is 13.1 Å². The molecule has 0 bridgehead atoms. The molecule has 0 atom stereocenters. The molecule has 3 heteroatoms. The number of aliphatic carboxylic acids is 1. The van der Waals surface area contributed by atoms with Crippen LogP contribution in [0.15, 0.2) is 0 Å². The van der Waals surface area contributed by atoms with Crippen molar-refractivity contribution in [3.63, 3.8) is 0 Å². The van der Waals surface area contributed by atoms with Crippen molar-refractivity contribution in [3.8, 4) is 0 Å². The minimum absolute atomic E-state index is 0.343. The predicted molar refractivity (Wildman–Crippen MR) is 165 cm³/mol. The number of unbranched alkanes of at least 4 members (excludes halogenated alkanes) is 27. The molecular formula is C34H69NO2. The van der Waals surface area contributed by atoms with Crippen LogP contribution in [0.4, 0.5) is 0 Å². The van der Waals surface area contributed by atoms with Crippen molar-refractivity contribution in [2.24, 2.45) is 0 Å². The molecular weight excluding hydrogens is 454 g/mol. The monoisotopic (exact) mass is 524 g/mol. The van der Waals surface area contributed by atoms with Gasteiger partial charge in [-0.05, 0) is 32.4 Å². The Labute approximate surface area is 233 Å². The van der Waals surface area contributed by atoms with Gasteiger partial charge in [-0.25, -0.2) is 0 Å². The van der Waals surface area contributed by atoms with Gasteiger partial charge in [0.05, 0.1) is 0 Å². The summed E-state index contributed by atoms with van der Waals surface area (Å²) in [6.45, 7) is 4.73. The molecule has 0 aliphatic heterocycles. The highest BCUT2D eigenvalue weighted by molar-refractivity contribution is 5.66. The van der Waals surface area contributed by atoms with Crippen LogP contribution >= 0.6 is 0 Å². The van der Waals surface area contributed by atoms with Crippen LogP contribution in [0.1, 0.15) is 200 Å². The largest absolute Gasteiger partial charge is 0.481 e. The Morgan fingerprint density at radius 3 is 0.919 bits per heavy atom. The lowest BCUT2D eigenvalue weighted by molar-refractivity contribution is -0.137. The maximum Gasteiger partial charge on any atom is 0.303 e. The lowest BCUT2D eigenvalue weighted by Crippen LogP contribution is -2.16. The molecule has 37 heavy (non-hydrogen) atoms. The molecule has 0 heterocycles. The lowest BCUT2D eigenvalue weighted by atomic mass is 10.0. The number of hydrogen-bond acceptors (Lipinski definition) is 2. The van der Waals surface area contributed by atoms with Crippen LogP contribution in [0.25, 0.3) is 0 Å². The van der Waals surface area contributed by atoms with Gasteiger partial charge in [-0.1, -0.05) is 174 Å². The van der Waals surface area contributed by atoms with Gasteiger partial charge in [-0.2, -0.15) is 0 Å². The van der Waals surface area contributed by atoms with Gasteiger partial charge in [0.2, 0.25) is 0 Å². The molecule has 0 unspecified atom stereocenters. The number of rotatable bonds is 33. The number of nitrogens with one attached hydrogen (secondary N) is 1. The molecule has 0 spiro atoms. The number of hydrogen-bond donors (Lipinski definition) is 2. The minimum Gasteiger partial charge on any atom is -0.481 e. The van der Waals surface area contributed by atoms with Gasteiger partial charge in [-0.3, -0.25) is 4.79 Å². The zero-order chi connectivity index (χ0) is 26.9. The molecule has 0 saturated heterocycles. The first-order chi connectivity index (χ1) is 18.3. The van der Waals surface area contributed by atoms with Crippen molar-refractivity contribution in [1.29, 1.82) is 0 Å². The Bertz CT molecular complexity index is 426. The Morgan fingerprint density at radius 2 is 0.649 bits per heavy atom. The standard InChI is InChI=1S/C34H69NO2/c1-2-3-4-5-6-7-8-9-10-11-14-17-20-23-26-29-32-35-33-30-27-24-21-18-15-12-13-16-19-22-25-28-31-34(36)37/h35H,2-33H2,1H3,(H,36,37). The van der Waals surface area contributed by atoms with Crippen LogP contribution in [-0.4, -0.2) is 24.2 Å². The van der Waals surface area contributed by atoms with Crippen molar-refractivity contribution in [2.45, 2.75) is 200 Å². The molecule has 0 amide bonds. The Kier molecular flexibility index (Phi) is 32.9. The normalized spacial score (nSPS) is 11.4. The first kappa shape index (κ1) is 36.4. The van der Waals surface area contributed by atoms with Crippen molar-refractivity contribution >= 4 is 5.97 Å². The van der Waals surface area contributed by atoms with E-state index in [1.165, 1.54) is 186 Å². The lowest BCUT2D eigenvalue weighted by Gasteiger charge is -2.06. The summed E-state index contributed by atoms with van der Waals surface area (Å²) in [4.78, 5) is 10.5. The topological polar surface area (TPSA) is 49.3 Å². The average Bonchev–Trinajstić information content (AvgIpc) is 2.89. The molecule has 0 aliphatic rings. The molecule has 222 valence electrons. The average molecular weight is 524 g/mol. The fourth-order valence-electron chi connectivity index (χ4n) is 5.39. The summed E-state index contributed by atoms with van der Waals surface area (Å²) < 4.78 is 0. The summed E-state index contributed by atoms with van der Waals surface area (Å²) in [5.74, 6) is -0.651. The van der Waals surface area contributed by atoms with Gasteiger partial charge < -0.3 is 10.4 Å². The summed E-state index contributed by atoms with van der Waals surface area (Å²) in [6.07, 6.45) is 40.3. The van der Waals surface area contributed by atoms with Gasteiger partial charge >= 0.3 is 5.97 Å².